The van der Waals surface area contributed by atoms with Crippen molar-refractivity contribution in [1.82, 2.24) is 4.90 Å². The van der Waals surface area contributed by atoms with E-state index in [0.717, 1.165) is 18.7 Å². The molecule has 106 valence electrons. The maximum absolute atomic E-state index is 8.96. The van der Waals surface area contributed by atoms with Crippen molar-refractivity contribution in [3.8, 4) is 0 Å². The van der Waals surface area contributed by atoms with Crippen LogP contribution in [-0.2, 0) is 0 Å². The maximum atomic E-state index is 8.96. The first-order valence-electron chi connectivity index (χ1n) is 6.54. The van der Waals surface area contributed by atoms with E-state index in [4.69, 9.17) is 10.9 Å². The van der Waals surface area contributed by atoms with E-state index in [1.165, 1.54) is 0 Å². The van der Waals surface area contributed by atoms with Crippen LogP contribution in [0.3, 0.4) is 0 Å². The van der Waals surface area contributed by atoms with Crippen molar-refractivity contribution in [1.29, 1.82) is 0 Å². The summed E-state index contributed by atoms with van der Waals surface area (Å²) < 4.78 is 0. The van der Waals surface area contributed by atoms with Crippen LogP contribution in [0.5, 0.6) is 0 Å². The molecule has 1 atom stereocenters. The summed E-state index contributed by atoms with van der Waals surface area (Å²) in [5, 5.41) is 12.1. The lowest BCUT2D eigenvalue weighted by Gasteiger charge is -2.29. The lowest BCUT2D eigenvalue weighted by atomic mass is 9.94. The first-order chi connectivity index (χ1) is 8.83. The second-order valence-electron chi connectivity index (χ2n) is 6.25. The lowest BCUT2D eigenvalue weighted by Crippen LogP contribution is -2.37. The zero-order chi connectivity index (χ0) is 14.5. The first kappa shape index (κ1) is 15.5. The summed E-state index contributed by atoms with van der Waals surface area (Å²) in [7, 11) is 2.06. The van der Waals surface area contributed by atoms with Crippen molar-refractivity contribution in [2.75, 3.05) is 20.1 Å². The molecule has 0 heterocycles. The Kier molecular flexibility index (Phi) is 5.36. The number of nitrogens with zero attached hydrogens (tertiary/aromatic N) is 2. The molecule has 0 aliphatic carbocycles. The third-order valence-electron chi connectivity index (χ3n) is 2.91. The quantitative estimate of drug-likeness (QED) is 0.371. The van der Waals surface area contributed by atoms with Crippen molar-refractivity contribution in [2.45, 2.75) is 26.7 Å². The van der Waals surface area contributed by atoms with Crippen molar-refractivity contribution < 1.29 is 5.21 Å². The van der Waals surface area contributed by atoms with Gasteiger partial charge < -0.3 is 15.8 Å². The molecule has 0 aromatic heterocycles. The molecule has 1 unspecified atom stereocenters. The van der Waals surface area contributed by atoms with Crippen molar-refractivity contribution in [2.24, 2.45) is 16.3 Å². The van der Waals surface area contributed by atoms with Gasteiger partial charge in [0.15, 0.2) is 0 Å². The Hall–Kier alpha value is -1.55. The fraction of sp³-hybridized carbons (Fsp3) is 0.533. The summed E-state index contributed by atoms with van der Waals surface area (Å²) in [6, 6.07) is 9.92. The maximum Gasteiger partial charge on any atom is 0.147 e. The van der Waals surface area contributed by atoms with E-state index in [2.05, 4.69) is 37.9 Å². The molecule has 0 aliphatic rings. The van der Waals surface area contributed by atoms with E-state index in [-0.39, 0.29) is 17.2 Å². The fourth-order valence-corrected chi connectivity index (χ4v) is 2.31. The zero-order valence-electron chi connectivity index (χ0n) is 12.3. The van der Waals surface area contributed by atoms with Crippen molar-refractivity contribution in [3.05, 3.63) is 35.9 Å². The van der Waals surface area contributed by atoms with Crippen molar-refractivity contribution >= 4 is 5.84 Å². The molecule has 1 rings (SSSR count). The number of benzene rings is 1. The van der Waals surface area contributed by atoms with Crippen LogP contribution in [0, 0.1) is 5.41 Å². The molecular weight excluding hydrogens is 238 g/mol. The zero-order valence-corrected chi connectivity index (χ0v) is 12.3. The normalized spacial score (nSPS) is 14.7. The molecule has 0 saturated carbocycles. The Bertz CT molecular complexity index is 409. The Labute approximate surface area is 115 Å². The smallest absolute Gasteiger partial charge is 0.147 e. The lowest BCUT2D eigenvalue weighted by molar-refractivity contribution is 0.224. The molecule has 3 N–H and O–H groups in total. The number of likely N-dealkylation sites (N-methyl/N-ethyl adjacent to an activating group) is 1. The molecule has 0 saturated heterocycles. The van der Waals surface area contributed by atoms with Crippen LogP contribution in [0.15, 0.2) is 35.5 Å². The molecule has 4 heteroatoms. The minimum Gasteiger partial charge on any atom is -0.409 e. The highest BCUT2D eigenvalue weighted by Crippen LogP contribution is 2.20. The van der Waals surface area contributed by atoms with Crippen LogP contribution in [-0.4, -0.2) is 36.1 Å². The minimum atomic E-state index is -0.0847. The molecule has 0 spiro atoms. The highest BCUT2D eigenvalue weighted by atomic mass is 16.4. The number of hydrogen-bond donors (Lipinski definition) is 2. The van der Waals surface area contributed by atoms with Gasteiger partial charge in [0, 0.05) is 13.1 Å². The molecule has 0 bridgehead atoms. The van der Waals surface area contributed by atoms with Gasteiger partial charge in [0.05, 0.1) is 5.92 Å². The molecule has 0 radical (unpaired) electrons. The summed E-state index contributed by atoms with van der Waals surface area (Å²) in [6.45, 7) is 8.28. The predicted octanol–water partition coefficient (Wildman–Crippen LogP) is 2.49. The van der Waals surface area contributed by atoms with E-state index in [0.29, 0.717) is 0 Å². The molecule has 19 heavy (non-hydrogen) atoms. The van der Waals surface area contributed by atoms with Crippen LogP contribution in [0.2, 0.25) is 0 Å². The van der Waals surface area contributed by atoms with Gasteiger partial charge in [-0.15, -0.1) is 0 Å². The van der Waals surface area contributed by atoms with Gasteiger partial charge in [-0.3, -0.25) is 0 Å². The summed E-state index contributed by atoms with van der Waals surface area (Å²) >= 11 is 0. The van der Waals surface area contributed by atoms with Gasteiger partial charge in [0.1, 0.15) is 5.84 Å². The van der Waals surface area contributed by atoms with Crippen LogP contribution in [0.4, 0.5) is 0 Å². The Morgan fingerprint density at radius 3 is 2.37 bits per heavy atom. The minimum absolute atomic E-state index is 0.0847. The van der Waals surface area contributed by atoms with E-state index in [9.17, 15) is 0 Å². The van der Waals surface area contributed by atoms with Crippen LogP contribution >= 0.6 is 0 Å². The van der Waals surface area contributed by atoms with Gasteiger partial charge >= 0.3 is 0 Å². The second-order valence-corrected chi connectivity index (χ2v) is 6.25. The van der Waals surface area contributed by atoms with Gasteiger partial charge in [-0.2, -0.15) is 0 Å². The number of nitrogens with two attached hydrogens (primary N) is 1. The molecule has 0 fully saturated rings. The Balaban J connectivity index is 2.83. The number of amidine groups is 1. The fourth-order valence-electron chi connectivity index (χ4n) is 2.31. The van der Waals surface area contributed by atoms with E-state index in [1.807, 2.05) is 30.3 Å². The van der Waals surface area contributed by atoms with E-state index >= 15 is 0 Å². The number of oxime groups is 1. The SMILES string of the molecule is CN(CC(C(N)=NO)c1ccccc1)CC(C)(C)C. The summed E-state index contributed by atoms with van der Waals surface area (Å²) in [6.07, 6.45) is 0. The molecule has 0 aliphatic heterocycles. The van der Waals surface area contributed by atoms with E-state index in [1.54, 1.807) is 0 Å². The third kappa shape index (κ3) is 5.30. The molecule has 1 aromatic rings. The van der Waals surface area contributed by atoms with Crippen LogP contribution in [0.1, 0.15) is 32.3 Å². The van der Waals surface area contributed by atoms with E-state index < -0.39 is 0 Å². The topological polar surface area (TPSA) is 61.8 Å². The molecule has 1 aromatic carbocycles. The summed E-state index contributed by atoms with van der Waals surface area (Å²) in [5.41, 5.74) is 7.13. The molecule has 4 nitrogen and oxygen atoms in total. The molecule has 0 amide bonds. The predicted molar refractivity (Wildman–Crippen MR) is 79.5 cm³/mol. The summed E-state index contributed by atoms with van der Waals surface area (Å²) in [5.74, 6) is 0.172. The monoisotopic (exact) mass is 263 g/mol. The second kappa shape index (κ2) is 6.57. The Morgan fingerprint density at radius 2 is 1.89 bits per heavy atom. The summed E-state index contributed by atoms with van der Waals surface area (Å²) in [4.78, 5) is 2.22. The van der Waals surface area contributed by atoms with Gasteiger partial charge in [-0.25, -0.2) is 0 Å². The van der Waals surface area contributed by atoms with Gasteiger partial charge in [0.25, 0.3) is 0 Å². The number of rotatable bonds is 5. The van der Waals surface area contributed by atoms with Crippen LogP contribution in [0.25, 0.3) is 0 Å². The average molecular weight is 263 g/mol. The van der Waals surface area contributed by atoms with Crippen LogP contribution < -0.4 is 5.73 Å². The first-order valence-corrected chi connectivity index (χ1v) is 6.54. The van der Waals surface area contributed by atoms with Gasteiger partial charge in [0.2, 0.25) is 0 Å². The van der Waals surface area contributed by atoms with Gasteiger partial charge in [-0.05, 0) is 18.0 Å². The highest BCUT2D eigenvalue weighted by Gasteiger charge is 2.21. The van der Waals surface area contributed by atoms with Crippen molar-refractivity contribution in [3.63, 3.8) is 0 Å². The van der Waals surface area contributed by atoms with Gasteiger partial charge in [-0.1, -0.05) is 56.3 Å². The molecular formula is C15H25N3O. The average Bonchev–Trinajstić information content (AvgIpc) is 2.34. The highest BCUT2D eigenvalue weighted by molar-refractivity contribution is 5.87. The standard InChI is InChI=1S/C15H25N3O/c1-15(2,3)11-18(4)10-13(14(16)17-19)12-8-6-5-7-9-12/h5-9,13,19H,10-11H2,1-4H3,(H2,16,17). The largest absolute Gasteiger partial charge is 0.409 e. The Morgan fingerprint density at radius 1 is 1.32 bits per heavy atom. The number of hydrogen-bond acceptors (Lipinski definition) is 3. The third-order valence-corrected chi connectivity index (χ3v) is 2.91.